The van der Waals surface area contributed by atoms with Crippen LogP contribution in [-0.4, -0.2) is 35.7 Å². The third-order valence-corrected chi connectivity index (χ3v) is 5.29. The van der Waals surface area contributed by atoms with Crippen molar-refractivity contribution in [3.05, 3.63) is 65.2 Å². The molecule has 1 aliphatic rings. The number of nitrogens with one attached hydrogen (secondary N) is 1. The number of carbonyl (C=O) groups excluding carboxylic acids is 1. The lowest BCUT2D eigenvalue weighted by Crippen LogP contribution is -2.32. The summed E-state index contributed by atoms with van der Waals surface area (Å²) in [6.07, 6.45) is 1.000. The Hall–Kier alpha value is -1.65. The molecule has 0 saturated carbocycles. The highest BCUT2D eigenvalue weighted by Gasteiger charge is 2.25. The van der Waals surface area contributed by atoms with Gasteiger partial charge in [-0.1, -0.05) is 41.9 Å². The maximum absolute atomic E-state index is 12.4. The summed E-state index contributed by atoms with van der Waals surface area (Å²) in [5.41, 5.74) is 2.28. The SMILES string of the molecule is O=C(CSCc1cccc(Cl)c1)N1CCC(Nc2ccccc2)C1. The van der Waals surface area contributed by atoms with Crippen LogP contribution in [0.2, 0.25) is 5.02 Å². The van der Waals surface area contributed by atoms with Gasteiger partial charge in [-0.05, 0) is 36.2 Å². The number of nitrogens with zero attached hydrogens (tertiary/aromatic N) is 1. The number of para-hydroxylation sites is 1. The van der Waals surface area contributed by atoms with Crippen LogP contribution in [0.5, 0.6) is 0 Å². The Morgan fingerprint density at radius 1 is 1.21 bits per heavy atom. The van der Waals surface area contributed by atoms with Crippen LogP contribution in [0.3, 0.4) is 0 Å². The van der Waals surface area contributed by atoms with Gasteiger partial charge in [-0.3, -0.25) is 4.79 Å². The molecule has 126 valence electrons. The van der Waals surface area contributed by atoms with Gasteiger partial charge in [-0.2, -0.15) is 0 Å². The first-order chi connectivity index (χ1) is 11.7. The monoisotopic (exact) mass is 360 g/mol. The molecule has 3 nitrogen and oxygen atoms in total. The lowest BCUT2D eigenvalue weighted by atomic mass is 10.2. The van der Waals surface area contributed by atoms with Gasteiger partial charge in [0.25, 0.3) is 0 Å². The minimum absolute atomic E-state index is 0.222. The molecule has 0 radical (unpaired) electrons. The Kier molecular flexibility index (Phi) is 6.05. The van der Waals surface area contributed by atoms with Crippen LogP contribution in [0, 0.1) is 0 Å². The fraction of sp³-hybridized carbons (Fsp3) is 0.316. The molecule has 1 heterocycles. The normalized spacial score (nSPS) is 17.0. The average Bonchev–Trinajstić information content (AvgIpc) is 3.04. The fourth-order valence-electron chi connectivity index (χ4n) is 2.85. The summed E-state index contributed by atoms with van der Waals surface area (Å²) in [5, 5.41) is 4.24. The molecule has 0 aliphatic carbocycles. The second-order valence-electron chi connectivity index (χ2n) is 5.96. The molecule has 24 heavy (non-hydrogen) atoms. The molecule has 2 aromatic carbocycles. The maximum atomic E-state index is 12.4. The van der Waals surface area contributed by atoms with Crippen molar-refractivity contribution in [1.29, 1.82) is 0 Å². The van der Waals surface area contributed by atoms with E-state index in [1.54, 1.807) is 11.8 Å². The van der Waals surface area contributed by atoms with E-state index in [1.807, 2.05) is 47.4 Å². The molecule has 1 atom stereocenters. The van der Waals surface area contributed by atoms with Crippen LogP contribution in [-0.2, 0) is 10.5 Å². The number of hydrogen-bond donors (Lipinski definition) is 1. The number of carbonyl (C=O) groups is 1. The second kappa shape index (κ2) is 8.45. The average molecular weight is 361 g/mol. The minimum Gasteiger partial charge on any atom is -0.380 e. The van der Waals surface area contributed by atoms with Crippen LogP contribution >= 0.6 is 23.4 Å². The largest absolute Gasteiger partial charge is 0.380 e. The molecule has 1 N–H and O–H groups in total. The first-order valence-electron chi connectivity index (χ1n) is 8.12. The predicted molar refractivity (Wildman–Crippen MR) is 103 cm³/mol. The number of amides is 1. The van der Waals surface area contributed by atoms with Crippen LogP contribution in [0.1, 0.15) is 12.0 Å². The van der Waals surface area contributed by atoms with E-state index in [4.69, 9.17) is 11.6 Å². The lowest BCUT2D eigenvalue weighted by molar-refractivity contribution is -0.127. The molecule has 1 aliphatic heterocycles. The Morgan fingerprint density at radius 3 is 2.83 bits per heavy atom. The lowest BCUT2D eigenvalue weighted by Gasteiger charge is -2.17. The van der Waals surface area contributed by atoms with E-state index in [-0.39, 0.29) is 5.91 Å². The number of hydrogen-bond acceptors (Lipinski definition) is 3. The van der Waals surface area contributed by atoms with Gasteiger partial charge in [0.15, 0.2) is 0 Å². The number of benzene rings is 2. The van der Waals surface area contributed by atoms with Gasteiger partial charge in [-0.25, -0.2) is 0 Å². The summed E-state index contributed by atoms with van der Waals surface area (Å²) in [6.45, 7) is 1.62. The number of anilines is 1. The van der Waals surface area contributed by atoms with E-state index in [2.05, 4.69) is 17.4 Å². The van der Waals surface area contributed by atoms with Gasteiger partial charge >= 0.3 is 0 Å². The van der Waals surface area contributed by atoms with Crippen molar-refractivity contribution in [1.82, 2.24) is 4.90 Å². The third-order valence-electron chi connectivity index (χ3n) is 4.07. The van der Waals surface area contributed by atoms with Gasteiger partial charge in [0, 0.05) is 35.6 Å². The van der Waals surface area contributed by atoms with Crippen molar-refractivity contribution in [2.45, 2.75) is 18.2 Å². The molecule has 0 bridgehead atoms. The van der Waals surface area contributed by atoms with Crippen LogP contribution < -0.4 is 5.32 Å². The Labute approximate surface area is 152 Å². The standard InChI is InChI=1S/C19H21ClN2OS/c20-16-6-4-5-15(11-16)13-24-14-19(23)22-10-9-18(12-22)21-17-7-2-1-3-8-17/h1-8,11,18,21H,9-10,12-14H2. The highest BCUT2D eigenvalue weighted by molar-refractivity contribution is 7.99. The zero-order valence-corrected chi connectivity index (χ0v) is 15.0. The van der Waals surface area contributed by atoms with Crippen molar-refractivity contribution >= 4 is 35.0 Å². The van der Waals surface area contributed by atoms with E-state index >= 15 is 0 Å². The molecule has 0 spiro atoms. The van der Waals surface area contributed by atoms with E-state index in [0.717, 1.165) is 41.5 Å². The Morgan fingerprint density at radius 2 is 2.04 bits per heavy atom. The molecule has 1 fully saturated rings. The summed E-state index contributed by atoms with van der Waals surface area (Å²) >= 11 is 7.63. The smallest absolute Gasteiger partial charge is 0.232 e. The van der Waals surface area contributed by atoms with E-state index in [1.165, 1.54) is 0 Å². The van der Waals surface area contributed by atoms with Crippen LogP contribution in [0.4, 0.5) is 5.69 Å². The van der Waals surface area contributed by atoms with Crippen molar-refractivity contribution in [2.75, 3.05) is 24.2 Å². The fourth-order valence-corrected chi connectivity index (χ4v) is 3.94. The first-order valence-corrected chi connectivity index (χ1v) is 9.65. The highest BCUT2D eigenvalue weighted by atomic mass is 35.5. The van der Waals surface area contributed by atoms with Crippen molar-refractivity contribution in [3.63, 3.8) is 0 Å². The molecular formula is C19H21ClN2OS. The Balaban J connectivity index is 1.41. The minimum atomic E-state index is 0.222. The summed E-state index contributed by atoms with van der Waals surface area (Å²) in [4.78, 5) is 14.3. The number of thioether (sulfide) groups is 1. The van der Waals surface area contributed by atoms with Crippen molar-refractivity contribution in [3.8, 4) is 0 Å². The molecule has 1 unspecified atom stereocenters. The summed E-state index contributed by atoms with van der Waals surface area (Å²) in [7, 11) is 0. The quantitative estimate of drug-likeness (QED) is 0.834. The summed E-state index contributed by atoms with van der Waals surface area (Å²) in [5.74, 6) is 1.55. The third kappa shape index (κ3) is 4.92. The second-order valence-corrected chi connectivity index (χ2v) is 7.38. The Bertz CT molecular complexity index is 680. The van der Waals surface area contributed by atoms with Crippen LogP contribution in [0.15, 0.2) is 54.6 Å². The molecular weight excluding hydrogens is 340 g/mol. The van der Waals surface area contributed by atoms with Crippen molar-refractivity contribution < 1.29 is 4.79 Å². The number of rotatable bonds is 6. The zero-order valence-electron chi connectivity index (χ0n) is 13.5. The summed E-state index contributed by atoms with van der Waals surface area (Å²) < 4.78 is 0. The number of halogens is 1. The molecule has 3 rings (SSSR count). The number of likely N-dealkylation sites (tertiary alicyclic amines) is 1. The van der Waals surface area contributed by atoms with Crippen LogP contribution in [0.25, 0.3) is 0 Å². The van der Waals surface area contributed by atoms with Gasteiger partial charge in [0.05, 0.1) is 5.75 Å². The zero-order chi connectivity index (χ0) is 16.8. The van der Waals surface area contributed by atoms with Gasteiger partial charge in [0.1, 0.15) is 0 Å². The van der Waals surface area contributed by atoms with E-state index in [0.29, 0.717) is 11.8 Å². The van der Waals surface area contributed by atoms with E-state index < -0.39 is 0 Å². The highest BCUT2D eigenvalue weighted by Crippen LogP contribution is 2.19. The maximum Gasteiger partial charge on any atom is 0.232 e. The molecule has 1 saturated heterocycles. The van der Waals surface area contributed by atoms with Crippen molar-refractivity contribution in [2.24, 2.45) is 0 Å². The molecule has 2 aromatic rings. The van der Waals surface area contributed by atoms with E-state index in [9.17, 15) is 4.79 Å². The predicted octanol–water partition coefficient (Wildman–Crippen LogP) is 4.29. The van der Waals surface area contributed by atoms with Gasteiger partial charge in [-0.15, -0.1) is 11.8 Å². The van der Waals surface area contributed by atoms with Gasteiger partial charge in [0.2, 0.25) is 5.91 Å². The first kappa shape index (κ1) is 17.2. The molecule has 5 heteroatoms. The topological polar surface area (TPSA) is 32.3 Å². The molecule has 0 aromatic heterocycles. The van der Waals surface area contributed by atoms with Gasteiger partial charge < -0.3 is 10.2 Å². The summed E-state index contributed by atoms with van der Waals surface area (Å²) in [6, 6.07) is 18.3. The molecule has 1 amide bonds.